The summed E-state index contributed by atoms with van der Waals surface area (Å²) in [5, 5.41) is 3.05. The highest BCUT2D eigenvalue weighted by Crippen LogP contribution is 2.57. The predicted molar refractivity (Wildman–Crippen MR) is 397 cm³/mol. The molecular formula is C86H86ClN5. The van der Waals surface area contributed by atoms with Crippen LogP contribution < -0.4 is 19.6 Å². The lowest BCUT2D eigenvalue weighted by molar-refractivity contribution is 0.589. The Labute approximate surface area is 551 Å². The normalized spacial score (nSPS) is 12.8. The Morgan fingerprint density at radius 1 is 0.272 bits per heavy atom. The number of hydrogen-bond acceptors (Lipinski definition) is 4. The molecule has 13 rings (SSSR count). The van der Waals surface area contributed by atoms with Crippen molar-refractivity contribution in [1.82, 2.24) is 4.57 Å². The van der Waals surface area contributed by atoms with Crippen LogP contribution in [0.15, 0.2) is 249 Å². The number of hydrogen-bond donors (Lipinski definition) is 0. The van der Waals surface area contributed by atoms with Crippen LogP contribution in [0.5, 0.6) is 0 Å². The molecule has 0 saturated heterocycles. The van der Waals surface area contributed by atoms with Gasteiger partial charge in [-0.25, -0.2) is 0 Å². The molecule has 0 saturated carbocycles. The average Bonchev–Trinajstić information content (AvgIpc) is 1.47. The Morgan fingerprint density at radius 2 is 0.674 bits per heavy atom. The SMILES string of the molecule is CC(C)(C)c1ccc(N(c2ccc(C(C)(C)C)cc2)c2cccc(N(c3ccc(-c4ccccc4)cc3)c3cc(N(c4ccccc4)c4ccccc4)cc(N4c5ccc(C(C)(C)C)cc5-n5c6ccc(C(C)(C)C)cc6c6cc(C(C)(C)C)cc4c65)c3Cl)c2)cc1. The van der Waals surface area contributed by atoms with Gasteiger partial charge in [-0.15, -0.1) is 0 Å². The van der Waals surface area contributed by atoms with Gasteiger partial charge in [-0.2, -0.15) is 0 Å². The van der Waals surface area contributed by atoms with E-state index >= 15 is 0 Å². The van der Waals surface area contributed by atoms with Crippen molar-refractivity contribution in [3.8, 4) is 16.8 Å². The van der Waals surface area contributed by atoms with Crippen molar-refractivity contribution in [2.45, 2.75) is 131 Å². The third kappa shape index (κ3) is 11.6. The van der Waals surface area contributed by atoms with E-state index in [4.69, 9.17) is 11.6 Å². The number of nitrogens with zero attached hydrogens (tertiary/aromatic N) is 5. The molecule has 1 aliphatic heterocycles. The summed E-state index contributed by atoms with van der Waals surface area (Å²) in [6, 6.07) is 92.1. The Kier molecular flexibility index (Phi) is 15.5. The van der Waals surface area contributed by atoms with E-state index in [9.17, 15) is 0 Å². The van der Waals surface area contributed by atoms with Crippen molar-refractivity contribution in [1.29, 1.82) is 0 Å². The predicted octanol–water partition coefficient (Wildman–Crippen LogP) is 25.8. The van der Waals surface area contributed by atoms with Gasteiger partial charge in [-0.1, -0.05) is 237 Å². The lowest BCUT2D eigenvalue weighted by Crippen LogP contribution is -2.23. The highest BCUT2D eigenvalue weighted by Gasteiger charge is 2.36. The maximum atomic E-state index is 8.72. The fourth-order valence-corrected chi connectivity index (χ4v) is 13.4. The monoisotopic (exact) mass is 1220 g/mol. The second-order valence-electron chi connectivity index (χ2n) is 30.2. The van der Waals surface area contributed by atoms with E-state index in [0.29, 0.717) is 5.02 Å². The Hall–Kier alpha value is -9.29. The van der Waals surface area contributed by atoms with Crippen LogP contribution >= 0.6 is 11.6 Å². The van der Waals surface area contributed by atoms with Crippen molar-refractivity contribution in [3.63, 3.8) is 0 Å². The zero-order chi connectivity index (χ0) is 64.8. The molecular weight excluding hydrogens is 1140 g/mol. The van der Waals surface area contributed by atoms with Gasteiger partial charge in [0.25, 0.3) is 0 Å². The van der Waals surface area contributed by atoms with Crippen LogP contribution in [0.1, 0.15) is 132 Å². The first-order valence-electron chi connectivity index (χ1n) is 32.6. The summed E-state index contributed by atoms with van der Waals surface area (Å²) in [6.45, 7) is 34.5. The van der Waals surface area contributed by atoms with E-state index in [1.54, 1.807) is 0 Å². The molecule has 2 heterocycles. The molecule has 1 aliphatic rings. The highest BCUT2D eigenvalue weighted by molar-refractivity contribution is 6.37. The number of benzene rings is 11. The minimum atomic E-state index is -0.206. The first-order valence-corrected chi connectivity index (χ1v) is 33.0. The molecule has 0 unspecified atom stereocenters. The molecule has 462 valence electrons. The molecule has 1 aromatic heterocycles. The summed E-state index contributed by atoms with van der Waals surface area (Å²) in [5.41, 5.74) is 23.4. The molecule has 0 amide bonds. The summed E-state index contributed by atoms with van der Waals surface area (Å²) in [7, 11) is 0. The number of aromatic nitrogens is 1. The summed E-state index contributed by atoms with van der Waals surface area (Å²) in [6.07, 6.45) is 0. The molecule has 92 heavy (non-hydrogen) atoms. The standard InChI is InChI=1S/C86H86ClN5/c1-82(2,3)59-36-44-66(45-37-59)88(67-46-38-60(39-47-67)83(4,5)6)69-32-25-33-70(54-69)90(68-42-34-58(35-43-68)57-26-19-16-20-27-57)77-55-71(89(64-28-21-17-22-29-64)65-30-23-18-24-31-65)56-78(80(77)87)91-75-49-41-62(85(10,11)12)52-76(75)92-74-48-40-61(84(7,8)9)50-72(74)73-51-63(86(13,14)15)53-79(91)81(73)92/h16-56H,1-15H3. The van der Waals surface area contributed by atoms with E-state index in [2.05, 4.69) is 377 Å². The molecule has 0 fully saturated rings. The van der Waals surface area contributed by atoms with E-state index in [0.717, 1.165) is 90.6 Å². The summed E-state index contributed by atoms with van der Waals surface area (Å²) in [4.78, 5) is 9.64. The molecule has 0 radical (unpaired) electrons. The van der Waals surface area contributed by atoms with Gasteiger partial charge in [0.15, 0.2) is 0 Å². The molecule has 6 heteroatoms. The van der Waals surface area contributed by atoms with Crippen LogP contribution in [-0.2, 0) is 27.1 Å². The molecule has 11 aromatic carbocycles. The van der Waals surface area contributed by atoms with E-state index in [-0.39, 0.29) is 27.1 Å². The fourth-order valence-electron chi connectivity index (χ4n) is 13.1. The first kappa shape index (κ1) is 61.6. The van der Waals surface area contributed by atoms with Gasteiger partial charge < -0.3 is 24.2 Å². The third-order valence-corrected chi connectivity index (χ3v) is 18.9. The largest absolute Gasteiger partial charge is 0.310 e. The third-order valence-electron chi connectivity index (χ3n) is 18.5. The van der Waals surface area contributed by atoms with Gasteiger partial charge in [0.2, 0.25) is 0 Å². The maximum Gasteiger partial charge on any atom is 0.0888 e. The number of fused-ring (bicyclic) bond motifs is 5. The maximum absolute atomic E-state index is 8.72. The van der Waals surface area contributed by atoms with Crippen LogP contribution in [0, 0.1) is 0 Å². The van der Waals surface area contributed by atoms with E-state index in [1.807, 2.05) is 0 Å². The zero-order valence-corrected chi connectivity index (χ0v) is 57.0. The number of halogens is 1. The lowest BCUT2D eigenvalue weighted by atomic mass is 9.84. The Balaban J connectivity index is 1.13. The minimum absolute atomic E-state index is 0.0148. The van der Waals surface area contributed by atoms with Crippen LogP contribution in [0.4, 0.5) is 68.2 Å². The topological polar surface area (TPSA) is 17.9 Å². The number of anilines is 12. The van der Waals surface area contributed by atoms with Gasteiger partial charge in [-0.05, 0) is 193 Å². The van der Waals surface area contributed by atoms with Gasteiger partial charge >= 0.3 is 0 Å². The second-order valence-corrected chi connectivity index (χ2v) is 30.6. The fraction of sp³-hybridized carbons (Fsp3) is 0.233. The molecule has 0 N–H and O–H groups in total. The Morgan fingerprint density at radius 3 is 1.21 bits per heavy atom. The van der Waals surface area contributed by atoms with Crippen LogP contribution in [0.3, 0.4) is 0 Å². The Bertz CT molecular complexity index is 4590. The van der Waals surface area contributed by atoms with Crippen LogP contribution in [0.2, 0.25) is 5.02 Å². The summed E-state index contributed by atoms with van der Waals surface area (Å²) in [5.74, 6) is 0. The average molecular weight is 1230 g/mol. The van der Waals surface area contributed by atoms with Gasteiger partial charge in [0.05, 0.1) is 50.2 Å². The van der Waals surface area contributed by atoms with Crippen molar-refractivity contribution in [2.24, 2.45) is 0 Å². The molecule has 0 aliphatic carbocycles. The van der Waals surface area contributed by atoms with Crippen molar-refractivity contribution < 1.29 is 0 Å². The quantitative estimate of drug-likeness (QED) is 0.128. The molecule has 5 nitrogen and oxygen atoms in total. The summed E-state index contributed by atoms with van der Waals surface area (Å²) < 4.78 is 2.55. The van der Waals surface area contributed by atoms with Gasteiger partial charge in [0, 0.05) is 50.6 Å². The van der Waals surface area contributed by atoms with Crippen LogP contribution in [-0.4, -0.2) is 4.57 Å². The van der Waals surface area contributed by atoms with Crippen molar-refractivity contribution >= 4 is 102 Å². The zero-order valence-electron chi connectivity index (χ0n) is 56.3. The highest BCUT2D eigenvalue weighted by atomic mass is 35.5. The number of rotatable bonds is 11. The van der Waals surface area contributed by atoms with Crippen LogP contribution in [0.25, 0.3) is 38.6 Å². The molecule has 0 spiro atoms. The minimum Gasteiger partial charge on any atom is -0.310 e. The molecule has 12 aromatic rings. The van der Waals surface area contributed by atoms with E-state index < -0.39 is 0 Å². The lowest BCUT2D eigenvalue weighted by Gasteiger charge is -2.38. The smallest absolute Gasteiger partial charge is 0.0888 e. The van der Waals surface area contributed by atoms with Crippen molar-refractivity contribution in [3.05, 3.63) is 282 Å². The summed E-state index contributed by atoms with van der Waals surface area (Å²) >= 11 is 8.72. The van der Waals surface area contributed by atoms with E-state index in [1.165, 1.54) is 44.1 Å². The van der Waals surface area contributed by atoms with Gasteiger partial charge in [0.1, 0.15) is 0 Å². The molecule has 0 bridgehead atoms. The second kappa shape index (κ2) is 23.1. The first-order chi connectivity index (χ1) is 43.7. The van der Waals surface area contributed by atoms with Gasteiger partial charge in [-0.3, -0.25) is 0 Å². The van der Waals surface area contributed by atoms with Crippen molar-refractivity contribution in [2.75, 3.05) is 19.6 Å². The number of para-hydroxylation sites is 2. The molecule has 0 atom stereocenters.